The summed E-state index contributed by atoms with van der Waals surface area (Å²) in [5, 5.41) is 8.40. The lowest BCUT2D eigenvalue weighted by molar-refractivity contribution is -0.137. The Morgan fingerprint density at radius 1 is 1.05 bits per heavy atom. The Morgan fingerprint density at radius 2 is 1.53 bits per heavy atom. The minimum Gasteiger partial charge on any atom is -0.481 e. The van der Waals surface area contributed by atoms with Crippen molar-refractivity contribution in [2.24, 2.45) is 0 Å². The highest BCUT2D eigenvalue weighted by atomic mass is 19.2. The highest BCUT2D eigenvalue weighted by Gasteiger charge is 2.24. The first-order valence-electron chi connectivity index (χ1n) is 5.44. The highest BCUT2D eigenvalue weighted by Crippen LogP contribution is 2.26. The second-order valence-corrected chi connectivity index (χ2v) is 3.89. The molecule has 0 atom stereocenters. The van der Waals surface area contributed by atoms with Crippen molar-refractivity contribution in [3.63, 3.8) is 0 Å². The Bertz CT molecular complexity index is 459. The zero-order valence-corrected chi connectivity index (χ0v) is 10.1. The molecule has 1 aromatic rings. The third kappa shape index (κ3) is 3.44. The summed E-state index contributed by atoms with van der Waals surface area (Å²) in [5.41, 5.74) is -1.60. The second kappa shape index (κ2) is 6.51. The zero-order valence-electron chi connectivity index (χ0n) is 10.1. The topological polar surface area (TPSA) is 46.5 Å². The van der Waals surface area contributed by atoms with E-state index >= 15 is 0 Å². The SMILES string of the molecule is COCc1c(F)c(F)c(CCCC(=O)O)c(F)c1F. The Labute approximate surface area is 106 Å². The van der Waals surface area contributed by atoms with Crippen LogP contribution in [0.15, 0.2) is 0 Å². The van der Waals surface area contributed by atoms with E-state index in [0.29, 0.717) is 0 Å². The first-order valence-corrected chi connectivity index (χ1v) is 5.44. The van der Waals surface area contributed by atoms with Gasteiger partial charge in [0.2, 0.25) is 0 Å². The van der Waals surface area contributed by atoms with Crippen LogP contribution in [0.25, 0.3) is 0 Å². The van der Waals surface area contributed by atoms with Crippen molar-refractivity contribution in [3.8, 4) is 0 Å². The number of halogens is 4. The van der Waals surface area contributed by atoms with Gasteiger partial charge in [-0.1, -0.05) is 0 Å². The molecular weight excluding hydrogens is 268 g/mol. The number of rotatable bonds is 6. The van der Waals surface area contributed by atoms with Crippen LogP contribution in [0.3, 0.4) is 0 Å². The number of hydrogen-bond donors (Lipinski definition) is 1. The molecule has 0 spiro atoms. The molecule has 1 rings (SSSR count). The van der Waals surface area contributed by atoms with E-state index in [9.17, 15) is 22.4 Å². The van der Waals surface area contributed by atoms with Gasteiger partial charge in [0.1, 0.15) is 0 Å². The smallest absolute Gasteiger partial charge is 0.303 e. The van der Waals surface area contributed by atoms with E-state index < -0.39 is 53.4 Å². The van der Waals surface area contributed by atoms with Crippen LogP contribution in [-0.2, 0) is 22.6 Å². The number of carbonyl (C=O) groups is 1. The number of carboxylic acid groups (broad SMARTS) is 1. The molecule has 0 heterocycles. The average molecular weight is 280 g/mol. The Balaban J connectivity index is 3.09. The minimum atomic E-state index is -1.51. The van der Waals surface area contributed by atoms with Crippen LogP contribution in [0, 0.1) is 23.3 Å². The molecule has 106 valence electrons. The quantitative estimate of drug-likeness (QED) is 0.644. The molecule has 0 fully saturated rings. The Kier molecular flexibility index (Phi) is 5.29. The van der Waals surface area contributed by atoms with Gasteiger partial charge in [0.05, 0.1) is 12.2 Å². The van der Waals surface area contributed by atoms with E-state index in [2.05, 4.69) is 4.74 Å². The minimum absolute atomic E-state index is 0.119. The summed E-state index contributed by atoms with van der Waals surface area (Å²) >= 11 is 0. The van der Waals surface area contributed by atoms with E-state index in [1.54, 1.807) is 0 Å². The van der Waals surface area contributed by atoms with E-state index in [-0.39, 0.29) is 12.8 Å². The molecule has 1 aromatic carbocycles. The fraction of sp³-hybridized carbons (Fsp3) is 0.417. The molecular formula is C12H12F4O3. The van der Waals surface area contributed by atoms with Crippen molar-refractivity contribution in [1.82, 2.24) is 0 Å². The first-order chi connectivity index (χ1) is 8.90. The van der Waals surface area contributed by atoms with Crippen LogP contribution >= 0.6 is 0 Å². The summed E-state index contributed by atoms with van der Waals surface area (Å²) in [6.07, 6.45) is -0.862. The largest absolute Gasteiger partial charge is 0.481 e. The first kappa shape index (κ1) is 15.4. The number of ether oxygens (including phenoxy) is 1. The fourth-order valence-corrected chi connectivity index (χ4v) is 1.63. The third-order valence-corrected chi connectivity index (χ3v) is 2.55. The fourth-order valence-electron chi connectivity index (χ4n) is 1.63. The van der Waals surface area contributed by atoms with Gasteiger partial charge in [0.15, 0.2) is 23.3 Å². The van der Waals surface area contributed by atoms with E-state index in [0.717, 1.165) is 7.11 Å². The van der Waals surface area contributed by atoms with Crippen LogP contribution < -0.4 is 0 Å². The summed E-state index contributed by atoms with van der Waals surface area (Å²) in [7, 11) is 1.13. The average Bonchev–Trinajstić information content (AvgIpc) is 2.36. The third-order valence-electron chi connectivity index (χ3n) is 2.55. The van der Waals surface area contributed by atoms with Gasteiger partial charge >= 0.3 is 5.97 Å². The molecule has 0 aliphatic rings. The molecule has 0 saturated heterocycles. The summed E-state index contributed by atoms with van der Waals surface area (Å²) in [5.74, 6) is -7.18. The van der Waals surface area contributed by atoms with E-state index in [1.807, 2.05) is 0 Å². The predicted octanol–water partition coefficient (Wildman–Crippen LogP) is 2.80. The summed E-state index contributed by atoms with van der Waals surface area (Å²) in [6.45, 7) is -0.596. The lowest BCUT2D eigenvalue weighted by atomic mass is 10.0. The maximum absolute atomic E-state index is 13.6. The molecule has 0 radical (unpaired) electrons. The van der Waals surface area contributed by atoms with Crippen molar-refractivity contribution in [3.05, 3.63) is 34.4 Å². The zero-order chi connectivity index (χ0) is 14.6. The number of hydrogen-bond acceptors (Lipinski definition) is 2. The molecule has 0 aliphatic heterocycles. The number of benzene rings is 1. The lowest BCUT2D eigenvalue weighted by Crippen LogP contribution is -2.10. The molecule has 0 aromatic heterocycles. The molecule has 3 nitrogen and oxygen atoms in total. The maximum atomic E-state index is 13.6. The molecule has 19 heavy (non-hydrogen) atoms. The van der Waals surface area contributed by atoms with Crippen molar-refractivity contribution < 1.29 is 32.2 Å². The van der Waals surface area contributed by atoms with Gasteiger partial charge in [-0.05, 0) is 12.8 Å². The van der Waals surface area contributed by atoms with Crippen molar-refractivity contribution in [2.45, 2.75) is 25.9 Å². The van der Waals surface area contributed by atoms with Crippen LogP contribution in [0.5, 0.6) is 0 Å². The molecule has 0 saturated carbocycles. The van der Waals surface area contributed by atoms with Crippen molar-refractivity contribution >= 4 is 5.97 Å². The van der Waals surface area contributed by atoms with Gasteiger partial charge in [-0.25, -0.2) is 17.6 Å². The van der Waals surface area contributed by atoms with Gasteiger partial charge in [-0.3, -0.25) is 4.79 Å². The Hall–Kier alpha value is -1.63. The molecule has 7 heteroatoms. The van der Waals surface area contributed by atoms with Gasteiger partial charge in [-0.15, -0.1) is 0 Å². The van der Waals surface area contributed by atoms with Crippen LogP contribution in [0.4, 0.5) is 17.6 Å². The number of methoxy groups -OCH3 is 1. The van der Waals surface area contributed by atoms with E-state index in [4.69, 9.17) is 5.11 Å². The molecule has 0 aliphatic carbocycles. The normalized spacial score (nSPS) is 10.8. The number of aliphatic carboxylic acids is 1. The van der Waals surface area contributed by atoms with Crippen LogP contribution in [0.2, 0.25) is 0 Å². The van der Waals surface area contributed by atoms with E-state index in [1.165, 1.54) is 0 Å². The van der Waals surface area contributed by atoms with Gasteiger partial charge in [0, 0.05) is 19.1 Å². The summed E-state index contributed by atoms with van der Waals surface area (Å²) in [4.78, 5) is 10.3. The molecule has 0 amide bonds. The lowest BCUT2D eigenvalue weighted by Gasteiger charge is -2.11. The standard InChI is InChI=1S/C12H12F4O3/c1-19-5-7-11(15)9(13)6(10(14)12(7)16)3-2-4-8(17)18/h2-5H2,1H3,(H,17,18). The van der Waals surface area contributed by atoms with Crippen molar-refractivity contribution in [2.75, 3.05) is 7.11 Å². The second-order valence-electron chi connectivity index (χ2n) is 3.89. The van der Waals surface area contributed by atoms with Crippen LogP contribution in [-0.4, -0.2) is 18.2 Å². The van der Waals surface area contributed by atoms with Crippen molar-refractivity contribution in [1.29, 1.82) is 0 Å². The molecule has 1 N–H and O–H groups in total. The van der Waals surface area contributed by atoms with Crippen LogP contribution in [0.1, 0.15) is 24.0 Å². The monoisotopic (exact) mass is 280 g/mol. The van der Waals surface area contributed by atoms with Gasteiger partial charge in [0.25, 0.3) is 0 Å². The number of carboxylic acids is 1. The summed E-state index contributed by atoms with van der Waals surface area (Å²) < 4.78 is 58.6. The summed E-state index contributed by atoms with van der Waals surface area (Å²) in [6, 6.07) is 0. The molecule has 0 bridgehead atoms. The van der Waals surface area contributed by atoms with Gasteiger partial charge < -0.3 is 9.84 Å². The highest BCUT2D eigenvalue weighted by molar-refractivity contribution is 5.66. The molecule has 0 unspecified atom stereocenters. The Morgan fingerprint density at radius 3 is 1.95 bits per heavy atom. The maximum Gasteiger partial charge on any atom is 0.303 e. The predicted molar refractivity (Wildman–Crippen MR) is 57.6 cm³/mol. The van der Waals surface area contributed by atoms with Gasteiger partial charge in [-0.2, -0.15) is 0 Å².